The van der Waals surface area contributed by atoms with Crippen molar-refractivity contribution in [2.24, 2.45) is 0 Å². The number of hydrogen-bond donors (Lipinski definition) is 1. The maximum absolute atomic E-state index is 11.1. The zero-order chi connectivity index (χ0) is 9.90. The summed E-state index contributed by atoms with van der Waals surface area (Å²) in [7, 11) is -2.06. The second-order valence-corrected chi connectivity index (χ2v) is 4.35. The van der Waals surface area contributed by atoms with E-state index in [0.717, 1.165) is 0 Å². The normalized spacial score (nSPS) is 10.4. The predicted molar refractivity (Wildman–Crippen MR) is 54.9 cm³/mol. The van der Waals surface area contributed by atoms with E-state index in [0.29, 0.717) is 5.75 Å². The minimum Gasteiger partial charge on any atom is -0.497 e. The Morgan fingerprint density at radius 3 is 2.14 bits per heavy atom. The van der Waals surface area contributed by atoms with Gasteiger partial charge in [0.15, 0.2) is 0 Å². The van der Waals surface area contributed by atoms with Crippen LogP contribution in [0.25, 0.3) is 0 Å². The van der Waals surface area contributed by atoms with E-state index in [1.54, 1.807) is 16.4 Å². The summed E-state index contributed by atoms with van der Waals surface area (Å²) in [6.45, 7) is 0. The zero-order valence-electron chi connectivity index (χ0n) is 7.82. The van der Waals surface area contributed by atoms with Gasteiger partial charge in [0.2, 0.25) is 0 Å². The van der Waals surface area contributed by atoms with Crippen molar-refractivity contribution in [3.05, 3.63) is 24.3 Å². The van der Waals surface area contributed by atoms with Crippen LogP contribution in [0.1, 0.15) is 0 Å². The smallest absolute Gasteiger partial charge is 0.253 e. The van der Waals surface area contributed by atoms with Crippen molar-refractivity contribution in [1.29, 1.82) is 0 Å². The molecule has 0 spiro atoms. The molecule has 0 unspecified atom stereocenters. The van der Waals surface area contributed by atoms with E-state index in [9.17, 15) is 8.42 Å². The molecule has 0 aliphatic heterocycles. The summed E-state index contributed by atoms with van der Waals surface area (Å²) in [4.78, 5) is 0.100. The standard InChI is InChI=1S/C7H8ClNO3S.Na/c1-12-6-2-4-7(5-3-6)13(10,11)9-8;/h2-5,9H,1H3;. The van der Waals surface area contributed by atoms with E-state index >= 15 is 0 Å². The summed E-state index contributed by atoms with van der Waals surface area (Å²) in [5, 5.41) is 0. The Kier molecular flexibility index (Phi) is 6.04. The Hall–Kier alpha value is 0.220. The van der Waals surface area contributed by atoms with Crippen LogP contribution in [0.5, 0.6) is 5.75 Å². The van der Waals surface area contributed by atoms with Crippen molar-refractivity contribution in [2.75, 3.05) is 7.11 Å². The molecule has 73 valence electrons. The molecular weight excluding hydrogens is 237 g/mol. The second kappa shape index (κ2) is 5.95. The van der Waals surface area contributed by atoms with Crippen molar-refractivity contribution < 1.29 is 13.2 Å². The third kappa shape index (κ3) is 3.42. The summed E-state index contributed by atoms with van der Waals surface area (Å²) in [6.07, 6.45) is 0. The van der Waals surface area contributed by atoms with E-state index in [2.05, 4.69) is 0 Å². The number of hydrogen-bond acceptors (Lipinski definition) is 3. The van der Waals surface area contributed by atoms with Gasteiger partial charge in [0.25, 0.3) is 10.0 Å². The van der Waals surface area contributed by atoms with Gasteiger partial charge in [-0.1, -0.05) is 0 Å². The van der Waals surface area contributed by atoms with Crippen molar-refractivity contribution in [2.45, 2.75) is 4.90 Å². The molecule has 7 heteroatoms. The monoisotopic (exact) mass is 244 g/mol. The van der Waals surface area contributed by atoms with Crippen LogP contribution < -0.4 is 8.98 Å². The fourth-order valence-electron chi connectivity index (χ4n) is 0.799. The van der Waals surface area contributed by atoms with Crippen LogP contribution in [0.4, 0.5) is 0 Å². The van der Waals surface area contributed by atoms with E-state index in [1.165, 1.54) is 19.2 Å². The van der Waals surface area contributed by atoms with E-state index in [1.807, 2.05) is 0 Å². The summed E-state index contributed by atoms with van der Waals surface area (Å²) in [5.74, 6) is 0.591. The van der Waals surface area contributed by atoms with Crippen LogP contribution in [0.2, 0.25) is 0 Å². The van der Waals surface area contributed by atoms with E-state index in [4.69, 9.17) is 16.5 Å². The summed E-state index contributed by atoms with van der Waals surface area (Å²) < 4.78 is 28.8. The van der Waals surface area contributed by atoms with E-state index in [-0.39, 0.29) is 34.5 Å². The fraction of sp³-hybridized carbons (Fsp3) is 0.143. The molecule has 0 amide bonds. The van der Waals surface area contributed by atoms with Gasteiger partial charge in [-0.05, 0) is 36.0 Å². The molecule has 0 aromatic heterocycles. The third-order valence-corrected chi connectivity index (χ3v) is 3.18. The first-order valence-corrected chi connectivity index (χ1v) is 5.23. The SMILES string of the molecule is COc1ccc(S(=O)(=O)NCl)cc1.[Na]. The second-order valence-electron chi connectivity index (χ2n) is 2.26. The first-order valence-electron chi connectivity index (χ1n) is 3.36. The molecule has 0 aliphatic carbocycles. The number of ether oxygens (including phenoxy) is 1. The van der Waals surface area contributed by atoms with Crippen molar-refractivity contribution in [3.63, 3.8) is 0 Å². The molecule has 1 N–H and O–H groups in total. The number of benzene rings is 1. The van der Waals surface area contributed by atoms with Crippen LogP contribution in [0, 0.1) is 0 Å². The average Bonchev–Trinajstić information content (AvgIpc) is 2.18. The molecule has 0 saturated carbocycles. The maximum Gasteiger partial charge on any atom is 0.253 e. The van der Waals surface area contributed by atoms with Gasteiger partial charge in [-0.3, -0.25) is 0 Å². The molecular formula is C7H8ClNNaO3S. The van der Waals surface area contributed by atoms with Gasteiger partial charge in [0.1, 0.15) is 5.75 Å². The Morgan fingerprint density at radius 2 is 1.79 bits per heavy atom. The van der Waals surface area contributed by atoms with Crippen LogP contribution in [-0.4, -0.2) is 45.1 Å². The summed E-state index contributed by atoms with van der Waals surface area (Å²) in [5.41, 5.74) is 0. The topological polar surface area (TPSA) is 55.4 Å². The zero-order valence-corrected chi connectivity index (χ0v) is 11.4. The molecule has 4 nitrogen and oxygen atoms in total. The number of nitrogens with one attached hydrogen (secondary N) is 1. The Labute approximate surface area is 110 Å². The number of rotatable bonds is 3. The quantitative estimate of drug-likeness (QED) is 0.631. The first kappa shape index (κ1) is 14.2. The first-order chi connectivity index (χ1) is 6.10. The number of methoxy groups -OCH3 is 1. The Morgan fingerprint density at radius 1 is 1.29 bits per heavy atom. The summed E-state index contributed by atoms with van der Waals surface area (Å²) >= 11 is 5.03. The fourth-order valence-corrected chi connectivity index (χ4v) is 1.65. The van der Waals surface area contributed by atoms with Gasteiger partial charge >= 0.3 is 0 Å². The van der Waals surface area contributed by atoms with Crippen LogP contribution in [0.3, 0.4) is 0 Å². The van der Waals surface area contributed by atoms with Crippen LogP contribution in [-0.2, 0) is 10.0 Å². The van der Waals surface area contributed by atoms with Crippen molar-refractivity contribution >= 4 is 51.4 Å². The Bertz CT molecular complexity index is 378. The molecule has 1 radical (unpaired) electrons. The van der Waals surface area contributed by atoms with Gasteiger partial charge in [0, 0.05) is 29.6 Å². The molecule has 1 aromatic carbocycles. The predicted octanol–water partition coefficient (Wildman–Crippen LogP) is 0.746. The van der Waals surface area contributed by atoms with Gasteiger partial charge < -0.3 is 4.74 Å². The Balaban J connectivity index is 0.00000169. The van der Waals surface area contributed by atoms with Gasteiger partial charge in [-0.25, -0.2) is 8.42 Å². The minimum atomic E-state index is -3.56. The van der Waals surface area contributed by atoms with Crippen LogP contribution >= 0.6 is 11.8 Å². The molecule has 1 rings (SSSR count). The number of sulfonamides is 1. The largest absolute Gasteiger partial charge is 0.497 e. The molecule has 0 bridgehead atoms. The van der Waals surface area contributed by atoms with Gasteiger partial charge in [-0.15, -0.1) is 4.24 Å². The third-order valence-electron chi connectivity index (χ3n) is 1.47. The molecule has 0 atom stereocenters. The maximum atomic E-state index is 11.1. The van der Waals surface area contributed by atoms with E-state index < -0.39 is 10.0 Å². The minimum absolute atomic E-state index is 0. The van der Waals surface area contributed by atoms with Crippen LogP contribution in [0.15, 0.2) is 29.2 Å². The summed E-state index contributed by atoms with van der Waals surface area (Å²) in [6, 6.07) is 5.90. The average molecular weight is 245 g/mol. The molecule has 0 saturated heterocycles. The molecule has 0 fully saturated rings. The van der Waals surface area contributed by atoms with Gasteiger partial charge in [0.05, 0.1) is 12.0 Å². The van der Waals surface area contributed by atoms with Crippen molar-refractivity contribution in [1.82, 2.24) is 4.24 Å². The van der Waals surface area contributed by atoms with Gasteiger partial charge in [-0.2, -0.15) is 0 Å². The molecule has 0 heterocycles. The molecule has 1 aromatic rings. The molecule has 0 aliphatic rings. The van der Waals surface area contributed by atoms with Crippen molar-refractivity contribution in [3.8, 4) is 5.75 Å². The molecule has 14 heavy (non-hydrogen) atoms. The number of halogens is 1.